The predicted molar refractivity (Wildman–Crippen MR) is 71.2 cm³/mol. The van der Waals surface area contributed by atoms with E-state index in [2.05, 4.69) is 24.1 Å². The minimum absolute atomic E-state index is 0.418. The number of hydrogen-bond donors (Lipinski definition) is 1. The van der Waals surface area contributed by atoms with Crippen molar-refractivity contribution in [2.45, 2.75) is 26.6 Å². The van der Waals surface area contributed by atoms with E-state index in [0.29, 0.717) is 18.0 Å². The molecule has 2 rings (SSSR count). The Morgan fingerprint density at radius 3 is 2.68 bits per heavy atom. The second kappa shape index (κ2) is 5.46. The van der Waals surface area contributed by atoms with Gasteiger partial charge in [-0.05, 0) is 30.7 Å². The summed E-state index contributed by atoms with van der Waals surface area (Å²) in [7, 11) is 0. The average molecular weight is 288 g/mol. The predicted octanol–water partition coefficient (Wildman–Crippen LogP) is 4.06. The molecule has 0 saturated heterocycles. The number of nitrogens with one attached hydrogen (secondary N) is 1. The zero-order chi connectivity index (χ0) is 14.0. The molecule has 2 aromatic rings. The lowest BCUT2D eigenvalue weighted by molar-refractivity contribution is -0.137. The molecule has 19 heavy (non-hydrogen) atoms. The van der Waals surface area contributed by atoms with E-state index < -0.39 is 11.7 Å². The molecule has 0 fully saturated rings. The number of benzene rings is 1. The van der Waals surface area contributed by atoms with Crippen LogP contribution in [0.5, 0.6) is 0 Å². The maximum absolute atomic E-state index is 12.6. The highest BCUT2D eigenvalue weighted by atomic mass is 32.1. The van der Waals surface area contributed by atoms with Gasteiger partial charge in [-0.3, -0.25) is 0 Å². The molecule has 0 atom stereocenters. The first-order valence-corrected chi connectivity index (χ1v) is 6.85. The standard InChI is InChI=1S/C13H15F3N2S/c1-8(2)6-17-7-12-18-10-5-9(13(14,15)16)3-4-11(10)19-12/h3-5,8,17H,6-7H2,1-2H3. The van der Waals surface area contributed by atoms with Crippen LogP contribution >= 0.6 is 11.3 Å². The van der Waals surface area contributed by atoms with Crippen LogP contribution in [0.2, 0.25) is 0 Å². The molecule has 0 aliphatic rings. The van der Waals surface area contributed by atoms with Crippen molar-refractivity contribution in [1.82, 2.24) is 10.3 Å². The second-order valence-corrected chi connectivity index (χ2v) is 5.93. The van der Waals surface area contributed by atoms with Crippen molar-refractivity contribution in [3.8, 4) is 0 Å². The van der Waals surface area contributed by atoms with Gasteiger partial charge in [0.05, 0.1) is 15.8 Å². The summed E-state index contributed by atoms with van der Waals surface area (Å²) in [6, 6.07) is 3.70. The number of rotatable bonds is 4. The van der Waals surface area contributed by atoms with E-state index in [0.717, 1.165) is 28.4 Å². The molecule has 1 N–H and O–H groups in total. The zero-order valence-electron chi connectivity index (χ0n) is 10.7. The summed E-state index contributed by atoms with van der Waals surface area (Å²) >= 11 is 1.43. The molecule has 0 unspecified atom stereocenters. The topological polar surface area (TPSA) is 24.9 Å². The highest BCUT2D eigenvalue weighted by Gasteiger charge is 2.30. The number of fused-ring (bicyclic) bond motifs is 1. The van der Waals surface area contributed by atoms with Gasteiger partial charge < -0.3 is 5.32 Å². The van der Waals surface area contributed by atoms with Gasteiger partial charge in [-0.25, -0.2) is 4.98 Å². The lowest BCUT2D eigenvalue weighted by Gasteiger charge is -2.05. The molecule has 0 aliphatic carbocycles. The van der Waals surface area contributed by atoms with Crippen LogP contribution in [-0.2, 0) is 12.7 Å². The van der Waals surface area contributed by atoms with Crippen molar-refractivity contribution >= 4 is 21.6 Å². The Kier molecular flexibility index (Phi) is 4.10. The first-order chi connectivity index (χ1) is 8.86. The Balaban J connectivity index is 2.16. The maximum atomic E-state index is 12.6. The number of thiazole rings is 1. The number of hydrogen-bond acceptors (Lipinski definition) is 3. The molecule has 0 amide bonds. The maximum Gasteiger partial charge on any atom is 0.416 e. The van der Waals surface area contributed by atoms with E-state index in [-0.39, 0.29) is 0 Å². The largest absolute Gasteiger partial charge is 0.416 e. The molecule has 104 valence electrons. The van der Waals surface area contributed by atoms with E-state index in [9.17, 15) is 13.2 Å². The average Bonchev–Trinajstić information content (AvgIpc) is 2.68. The Morgan fingerprint density at radius 2 is 2.05 bits per heavy atom. The van der Waals surface area contributed by atoms with Crippen LogP contribution in [0.1, 0.15) is 24.4 Å². The van der Waals surface area contributed by atoms with Crippen molar-refractivity contribution in [3.63, 3.8) is 0 Å². The molecule has 1 heterocycles. The molecule has 2 nitrogen and oxygen atoms in total. The van der Waals surface area contributed by atoms with Crippen molar-refractivity contribution in [1.29, 1.82) is 0 Å². The third kappa shape index (κ3) is 3.67. The fourth-order valence-electron chi connectivity index (χ4n) is 1.69. The van der Waals surface area contributed by atoms with Crippen LogP contribution < -0.4 is 5.32 Å². The highest BCUT2D eigenvalue weighted by molar-refractivity contribution is 7.18. The summed E-state index contributed by atoms with van der Waals surface area (Å²) in [5.41, 5.74) is -0.229. The van der Waals surface area contributed by atoms with Crippen molar-refractivity contribution < 1.29 is 13.2 Å². The molecule has 0 bridgehead atoms. The smallest absolute Gasteiger partial charge is 0.310 e. The van der Waals surface area contributed by atoms with Crippen LogP contribution in [-0.4, -0.2) is 11.5 Å². The monoisotopic (exact) mass is 288 g/mol. The second-order valence-electron chi connectivity index (χ2n) is 4.81. The van der Waals surface area contributed by atoms with E-state index in [4.69, 9.17) is 0 Å². The Bertz CT molecular complexity index is 561. The molecule has 6 heteroatoms. The molecular formula is C13H15F3N2S. The SMILES string of the molecule is CC(C)CNCc1nc2cc(C(F)(F)F)ccc2s1. The Morgan fingerprint density at radius 1 is 1.32 bits per heavy atom. The summed E-state index contributed by atoms with van der Waals surface area (Å²) in [6.07, 6.45) is -4.31. The molecule has 1 aromatic carbocycles. The third-order valence-corrected chi connectivity index (χ3v) is 3.62. The van der Waals surface area contributed by atoms with E-state index in [1.807, 2.05) is 0 Å². The first kappa shape index (κ1) is 14.3. The number of alkyl halides is 3. The molecular weight excluding hydrogens is 273 g/mol. The molecule has 0 spiro atoms. The normalized spacial score (nSPS) is 12.5. The van der Waals surface area contributed by atoms with Crippen molar-refractivity contribution in [3.05, 3.63) is 28.8 Å². The summed E-state index contributed by atoms with van der Waals surface area (Å²) < 4.78 is 38.5. The van der Waals surface area contributed by atoms with Crippen molar-refractivity contribution in [2.75, 3.05) is 6.54 Å². The van der Waals surface area contributed by atoms with Crippen LogP contribution in [0, 0.1) is 5.92 Å². The molecule has 1 aromatic heterocycles. The minimum Gasteiger partial charge on any atom is -0.310 e. The fraction of sp³-hybridized carbons (Fsp3) is 0.462. The lowest BCUT2D eigenvalue weighted by Crippen LogP contribution is -2.18. The number of aromatic nitrogens is 1. The van der Waals surface area contributed by atoms with Crippen LogP contribution in [0.3, 0.4) is 0 Å². The van der Waals surface area contributed by atoms with Gasteiger partial charge in [0.25, 0.3) is 0 Å². The summed E-state index contributed by atoms with van der Waals surface area (Å²) in [4.78, 5) is 4.24. The van der Waals surface area contributed by atoms with Gasteiger partial charge in [-0.2, -0.15) is 13.2 Å². The van der Waals surface area contributed by atoms with Gasteiger partial charge in [-0.1, -0.05) is 13.8 Å². The van der Waals surface area contributed by atoms with Crippen LogP contribution in [0.25, 0.3) is 10.2 Å². The van der Waals surface area contributed by atoms with E-state index >= 15 is 0 Å². The Hall–Kier alpha value is -1.14. The molecule has 0 radical (unpaired) electrons. The zero-order valence-corrected chi connectivity index (χ0v) is 11.5. The third-order valence-electron chi connectivity index (χ3n) is 2.59. The minimum atomic E-state index is -4.31. The first-order valence-electron chi connectivity index (χ1n) is 6.03. The quantitative estimate of drug-likeness (QED) is 0.917. The van der Waals surface area contributed by atoms with Gasteiger partial charge in [0, 0.05) is 6.54 Å². The number of nitrogens with zero attached hydrogens (tertiary/aromatic N) is 1. The number of halogens is 3. The lowest BCUT2D eigenvalue weighted by atomic mass is 10.2. The van der Waals surface area contributed by atoms with Crippen LogP contribution in [0.4, 0.5) is 13.2 Å². The van der Waals surface area contributed by atoms with Gasteiger partial charge in [0.1, 0.15) is 5.01 Å². The summed E-state index contributed by atoms with van der Waals surface area (Å²) in [6.45, 7) is 5.66. The van der Waals surface area contributed by atoms with E-state index in [1.165, 1.54) is 17.4 Å². The fourth-order valence-corrected chi connectivity index (χ4v) is 2.61. The summed E-state index contributed by atoms with van der Waals surface area (Å²) in [5, 5.41) is 4.05. The van der Waals surface area contributed by atoms with Gasteiger partial charge in [0.15, 0.2) is 0 Å². The molecule has 0 saturated carbocycles. The van der Waals surface area contributed by atoms with E-state index in [1.54, 1.807) is 0 Å². The van der Waals surface area contributed by atoms with Gasteiger partial charge in [-0.15, -0.1) is 11.3 Å². The summed E-state index contributed by atoms with van der Waals surface area (Å²) in [5.74, 6) is 0.534. The van der Waals surface area contributed by atoms with Crippen molar-refractivity contribution in [2.24, 2.45) is 5.92 Å². The Labute approximate surface area is 113 Å². The van der Waals surface area contributed by atoms with Gasteiger partial charge in [0.2, 0.25) is 0 Å². The van der Waals surface area contributed by atoms with Crippen LogP contribution in [0.15, 0.2) is 18.2 Å². The highest BCUT2D eigenvalue weighted by Crippen LogP contribution is 2.32. The molecule has 0 aliphatic heterocycles. The van der Waals surface area contributed by atoms with Gasteiger partial charge >= 0.3 is 6.18 Å².